The predicted octanol–water partition coefficient (Wildman–Crippen LogP) is 6.70. The van der Waals surface area contributed by atoms with Gasteiger partial charge in [0.1, 0.15) is 5.75 Å². The zero-order valence-corrected chi connectivity index (χ0v) is 13.5. The molecular weight excluding hydrogens is 370 g/mol. The molecule has 1 nitrogen and oxygen atoms in total. The van der Waals surface area contributed by atoms with Gasteiger partial charge in [0.15, 0.2) is 0 Å². The predicted molar refractivity (Wildman–Crippen MR) is 83.5 cm³/mol. The van der Waals surface area contributed by atoms with Gasteiger partial charge in [0, 0.05) is 16.1 Å². The number of halogens is 7. The minimum atomic E-state index is -4.94. The summed E-state index contributed by atoms with van der Waals surface area (Å²) >= 11 is 5.92. The van der Waals surface area contributed by atoms with Crippen molar-refractivity contribution >= 4 is 17.7 Å². The van der Waals surface area contributed by atoms with Gasteiger partial charge in [-0.05, 0) is 35.9 Å². The fourth-order valence-electron chi connectivity index (χ4n) is 2.32. The van der Waals surface area contributed by atoms with Gasteiger partial charge < -0.3 is 4.74 Å². The van der Waals surface area contributed by atoms with Crippen molar-refractivity contribution in [2.24, 2.45) is 0 Å². The van der Waals surface area contributed by atoms with Crippen LogP contribution in [0.4, 0.5) is 26.3 Å². The van der Waals surface area contributed by atoms with Gasteiger partial charge in [0.05, 0.1) is 18.2 Å². The SMILES string of the molecule is C=Cc1cc(Cl)cc(-c2cc(C(F)(F)F)cc(C(F)(F)F)c2)c1OC. The van der Waals surface area contributed by atoms with Crippen molar-refractivity contribution in [2.75, 3.05) is 7.11 Å². The Morgan fingerprint density at radius 2 is 1.44 bits per heavy atom. The van der Waals surface area contributed by atoms with Crippen LogP contribution in [0.25, 0.3) is 17.2 Å². The summed E-state index contributed by atoms with van der Waals surface area (Å²) in [6.45, 7) is 3.53. The first-order valence-electron chi connectivity index (χ1n) is 6.77. The molecule has 0 radical (unpaired) electrons. The van der Waals surface area contributed by atoms with Gasteiger partial charge in [-0.3, -0.25) is 0 Å². The molecule has 0 amide bonds. The van der Waals surface area contributed by atoms with E-state index >= 15 is 0 Å². The topological polar surface area (TPSA) is 9.23 Å². The normalized spacial score (nSPS) is 12.2. The van der Waals surface area contributed by atoms with Gasteiger partial charge in [-0.2, -0.15) is 26.3 Å². The Balaban J connectivity index is 2.83. The number of ether oxygens (including phenoxy) is 1. The smallest absolute Gasteiger partial charge is 0.416 e. The van der Waals surface area contributed by atoms with Crippen LogP contribution in [0.3, 0.4) is 0 Å². The Kier molecular flexibility index (Phi) is 5.09. The average Bonchev–Trinajstić information content (AvgIpc) is 2.51. The van der Waals surface area contributed by atoms with Crippen molar-refractivity contribution in [1.82, 2.24) is 0 Å². The third-order valence-electron chi connectivity index (χ3n) is 3.41. The molecule has 0 unspecified atom stereocenters. The Hall–Kier alpha value is -2.15. The zero-order valence-electron chi connectivity index (χ0n) is 12.7. The molecule has 8 heteroatoms. The van der Waals surface area contributed by atoms with Crippen LogP contribution in [-0.4, -0.2) is 7.11 Å². The molecule has 25 heavy (non-hydrogen) atoms. The first kappa shape index (κ1) is 19.2. The van der Waals surface area contributed by atoms with Gasteiger partial charge in [-0.15, -0.1) is 0 Å². The van der Waals surface area contributed by atoms with Crippen molar-refractivity contribution in [1.29, 1.82) is 0 Å². The van der Waals surface area contributed by atoms with E-state index in [2.05, 4.69) is 6.58 Å². The van der Waals surface area contributed by atoms with E-state index in [0.29, 0.717) is 17.7 Å². The lowest BCUT2D eigenvalue weighted by Crippen LogP contribution is -2.11. The largest absolute Gasteiger partial charge is 0.495 e. The summed E-state index contributed by atoms with van der Waals surface area (Å²) in [5.74, 6) is 0.0758. The molecule has 0 atom stereocenters. The fourth-order valence-corrected chi connectivity index (χ4v) is 2.55. The van der Waals surface area contributed by atoms with E-state index < -0.39 is 23.5 Å². The quantitative estimate of drug-likeness (QED) is 0.538. The summed E-state index contributed by atoms with van der Waals surface area (Å²) in [6, 6.07) is 3.99. The van der Waals surface area contributed by atoms with Crippen molar-refractivity contribution in [3.8, 4) is 16.9 Å². The molecule has 0 aliphatic rings. The Bertz CT molecular complexity index is 776. The number of alkyl halides is 6. The van der Waals surface area contributed by atoms with Gasteiger partial charge in [0.25, 0.3) is 0 Å². The maximum atomic E-state index is 13.0. The Labute approximate surface area is 144 Å². The van der Waals surface area contributed by atoms with Crippen LogP contribution in [0.1, 0.15) is 16.7 Å². The third kappa shape index (κ3) is 4.10. The van der Waals surface area contributed by atoms with E-state index in [1.807, 2.05) is 0 Å². The van der Waals surface area contributed by atoms with E-state index in [4.69, 9.17) is 16.3 Å². The molecule has 0 aliphatic heterocycles. The Morgan fingerprint density at radius 3 is 1.84 bits per heavy atom. The number of methoxy groups -OCH3 is 1. The maximum Gasteiger partial charge on any atom is 0.416 e. The highest BCUT2D eigenvalue weighted by Crippen LogP contribution is 2.42. The highest BCUT2D eigenvalue weighted by atomic mass is 35.5. The van der Waals surface area contributed by atoms with Crippen LogP contribution in [0.5, 0.6) is 5.75 Å². The molecule has 2 aromatic rings. The first-order chi connectivity index (χ1) is 11.5. The molecule has 0 fully saturated rings. The van der Waals surface area contributed by atoms with E-state index in [1.165, 1.54) is 25.3 Å². The molecule has 0 aromatic heterocycles. The lowest BCUT2D eigenvalue weighted by atomic mass is 9.96. The van der Waals surface area contributed by atoms with E-state index in [0.717, 1.165) is 0 Å². The van der Waals surface area contributed by atoms with Gasteiger partial charge in [0.2, 0.25) is 0 Å². The van der Waals surface area contributed by atoms with Crippen LogP contribution < -0.4 is 4.74 Å². The number of benzene rings is 2. The van der Waals surface area contributed by atoms with Crippen LogP contribution in [-0.2, 0) is 12.4 Å². The maximum absolute atomic E-state index is 13.0. The number of hydrogen-bond acceptors (Lipinski definition) is 1. The summed E-state index contributed by atoms with van der Waals surface area (Å²) in [6.07, 6.45) is -8.54. The molecule has 0 spiro atoms. The molecule has 134 valence electrons. The molecule has 0 saturated heterocycles. The highest BCUT2D eigenvalue weighted by molar-refractivity contribution is 6.31. The van der Waals surface area contributed by atoms with E-state index in [9.17, 15) is 26.3 Å². The molecule has 0 aliphatic carbocycles. The molecule has 0 N–H and O–H groups in total. The second-order valence-electron chi connectivity index (χ2n) is 5.07. The first-order valence-corrected chi connectivity index (χ1v) is 7.15. The van der Waals surface area contributed by atoms with Crippen molar-refractivity contribution < 1.29 is 31.1 Å². The summed E-state index contributed by atoms with van der Waals surface area (Å²) in [4.78, 5) is 0. The van der Waals surface area contributed by atoms with Crippen molar-refractivity contribution in [3.63, 3.8) is 0 Å². The number of hydrogen-bond donors (Lipinski definition) is 0. The average molecular weight is 381 g/mol. The van der Waals surface area contributed by atoms with Crippen LogP contribution >= 0.6 is 11.6 Å². The van der Waals surface area contributed by atoms with Crippen molar-refractivity contribution in [3.05, 3.63) is 58.6 Å². The summed E-state index contributed by atoms with van der Waals surface area (Å²) in [5.41, 5.74) is -2.80. The minimum Gasteiger partial charge on any atom is -0.495 e. The van der Waals surface area contributed by atoms with Gasteiger partial charge in [-0.1, -0.05) is 24.3 Å². The molecule has 0 heterocycles. The minimum absolute atomic E-state index is 0.00139. The third-order valence-corrected chi connectivity index (χ3v) is 3.62. The summed E-state index contributed by atoms with van der Waals surface area (Å²) < 4.78 is 83.2. The molecule has 0 bridgehead atoms. The zero-order chi connectivity index (χ0) is 19.0. The van der Waals surface area contributed by atoms with Gasteiger partial charge in [-0.25, -0.2) is 0 Å². The van der Waals surface area contributed by atoms with Crippen LogP contribution in [0.2, 0.25) is 5.02 Å². The lowest BCUT2D eigenvalue weighted by molar-refractivity contribution is -0.143. The molecule has 2 aromatic carbocycles. The van der Waals surface area contributed by atoms with E-state index in [-0.39, 0.29) is 28.0 Å². The fraction of sp³-hybridized carbons (Fsp3) is 0.176. The molecule has 2 rings (SSSR count). The second-order valence-corrected chi connectivity index (χ2v) is 5.51. The monoisotopic (exact) mass is 380 g/mol. The standard InChI is InChI=1S/C17H11ClF6O/c1-3-9-6-13(18)8-14(15(9)25-2)10-4-11(16(19,20)21)7-12(5-10)17(22,23)24/h3-8H,1H2,2H3. The molecular formula is C17H11ClF6O. The summed E-state index contributed by atoms with van der Waals surface area (Å²) in [7, 11) is 1.25. The Morgan fingerprint density at radius 1 is 0.920 bits per heavy atom. The van der Waals surface area contributed by atoms with Crippen LogP contribution in [0, 0.1) is 0 Å². The highest BCUT2D eigenvalue weighted by Gasteiger charge is 2.37. The van der Waals surface area contributed by atoms with Crippen LogP contribution in [0.15, 0.2) is 36.9 Å². The molecule has 0 saturated carbocycles. The second kappa shape index (κ2) is 6.63. The van der Waals surface area contributed by atoms with Gasteiger partial charge >= 0.3 is 12.4 Å². The number of rotatable bonds is 3. The van der Waals surface area contributed by atoms with E-state index in [1.54, 1.807) is 0 Å². The summed E-state index contributed by atoms with van der Waals surface area (Å²) in [5, 5.41) is 0.122. The van der Waals surface area contributed by atoms with Crippen molar-refractivity contribution in [2.45, 2.75) is 12.4 Å². The lowest BCUT2D eigenvalue weighted by Gasteiger charge is -2.17.